The molecule has 0 amide bonds. The first-order valence-corrected chi connectivity index (χ1v) is 5.85. The molecule has 0 N–H and O–H groups in total. The van der Waals surface area contributed by atoms with Crippen LogP contribution >= 0.6 is 12.6 Å². The van der Waals surface area contributed by atoms with Crippen molar-refractivity contribution in [2.45, 2.75) is 32.7 Å². The molecule has 1 unspecified atom stereocenters. The lowest BCUT2D eigenvalue weighted by Gasteiger charge is -2.35. The molecule has 15 heavy (non-hydrogen) atoms. The topological polar surface area (TPSA) is 3.24 Å². The summed E-state index contributed by atoms with van der Waals surface area (Å²) in [6.07, 6.45) is 2.21. The molecule has 0 spiro atoms. The Morgan fingerprint density at radius 2 is 1.93 bits per heavy atom. The van der Waals surface area contributed by atoms with Crippen LogP contribution in [0.25, 0.3) is 0 Å². The van der Waals surface area contributed by atoms with Crippen LogP contribution in [0.15, 0.2) is 35.4 Å². The Kier molecular flexibility index (Phi) is 2.79. The van der Waals surface area contributed by atoms with Crippen molar-refractivity contribution in [1.82, 2.24) is 0 Å². The highest BCUT2D eigenvalue weighted by molar-refractivity contribution is 7.84. The molecule has 0 saturated carbocycles. The van der Waals surface area contributed by atoms with Gasteiger partial charge >= 0.3 is 0 Å². The van der Waals surface area contributed by atoms with Gasteiger partial charge in [-0.3, -0.25) is 0 Å². The van der Waals surface area contributed by atoms with Crippen molar-refractivity contribution < 1.29 is 0 Å². The first-order valence-electron chi connectivity index (χ1n) is 5.40. The zero-order valence-corrected chi connectivity index (χ0v) is 10.3. The monoisotopic (exact) mass is 219 g/mol. The van der Waals surface area contributed by atoms with Crippen LogP contribution in [0, 0.1) is 0 Å². The number of hydrogen-bond acceptors (Lipinski definition) is 2. The molecule has 1 nitrogen and oxygen atoms in total. The maximum atomic E-state index is 4.57. The number of anilines is 1. The van der Waals surface area contributed by atoms with Gasteiger partial charge in [-0.05, 0) is 31.6 Å². The minimum Gasteiger partial charge on any atom is -0.334 e. The molecule has 0 saturated heterocycles. The van der Waals surface area contributed by atoms with Crippen LogP contribution in [0.3, 0.4) is 0 Å². The van der Waals surface area contributed by atoms with Crippen LogP contribution in [0.4, 0.5) is 5.69 Å². The fourth-order valence-corrected chi connectivity index (χ4v) is 2.71. The van der Waals surface area contributed by atoms with E-state index in [-0.39, 0.29) is 0 Å². The quantitative estimate of drug-likeness (QED) is 0.703. The minimum atomic E-state index is 0.447. The van der Waals surface area contributed by atoms with Gasteiger partial charge in [0.15, 0.2) is 0 Å². The number of thiol groups is 1. The molecular weight excluding hydrogens is 202 g/mol. The van der Waals surface area contributed by atoms with Crippen molar-refractivity contribution in [1.29, 1.82) is 0 Å². The Morgan fingerprint density at radius 3 is 2.60 bits per heavy atom. The number of hydrogen-bond donors (Lipinski definition) is 1. The normalized spacial score (nSPS) is 20.2. The van der Waals surface area contributed by atoms with Gasteiger partial charge in [-0.15, -0.1) is 12.6 Å². The Labute approximate surface area is 97.2 Å². The Balaban J connectivity index is 2.54. The summed E-state index contributed by atoms with van der Waals surface area (Å²) in [5, 5.41) is 1.07. The summed E-state index contributed by atoms with van der Waals surface area (Å²) in [5.74, 6) is 0.462. The first kappa shape index (κ1) is 10.6. The van der Waals surface area contributed by atoms with Crippen molar-refractivity contribution >= 4 is 18.3 Å². The van der Waals surface area contributed by atoms with E-state index in [1.807, 2.05) is 0 Å². The van der Waals surface area contributed by atoms with Gasteiger partial charge in [0, 0.05) is 17.6 Å². The molecule has 1 heterocycles. The van der Waals surface area contributed by atoms with E-state index < -0.39 is 0 Å². The number of benzene rings is 1. The van der Waals surface area contributed by atoms with Gasteiger partial charge in [-0.1, -0.05) is 25.1 Å². The predicted octanol–water partition coefficient (Wildman–Crippen LogP) is 3.79. The molecule has 0 aliphatic carbocycles. The van der Waals surface area contributed by atoms with Crippen LogP contribution in [0.5, 0.6) is 0 Å². The Bertz CT molecular complexity index is 395. The zero-order chi connectivity index (χ0) is 11.0. The lowest BCUT2D eigenvalue weighted by atomic mass is 9.95. The summed E-state index contributed by atoms with van der Waals surface area (Å²) in [4.78, 5) is 2.28. The van der Waals surface area contributed by atoms with Crippen LogP contribution in [0.1, 0.15) is 32.3 Å². The lowest BCUT2D eigenvalue weighted by molar-refractivity contribution is 0.748. The van der Waals surface area contributed by atoms with E-state index >= 15 is 0 Å². The van der Waals surface area contributed by atoms with E-state index in [4.69, 9.17) is 0 Å². The predicted molar refractivity (Wildman–Crippen MR) is 69.5 cm³/mol. The first-order chi connectivity index (χ1) is 7.11. The van der Waals surface area contributed by atoms with Crippen LogP contribution in [-0.4, -0.2) is 6.04 Å². The molecule has 1 aromatic rings. The standard InChI is InChI=1S/C13H17NS/c1-9(2)14-12-7-5-4-6-11(12)10(3)8-13(14)15/h4-10,15H,1-3H3. The van der Waals surface area contributed by atoms with Crippen molar-refractivity contribution in [3.05, 3.63) is 40.9 Å². The molecule has 2 rings (SSSR count). The van der Waals surface area contributed by atoms with Crippen molar-refractivity contribution in [3.8, 4) is 0 Å². The van der Waals surface area contributed by atoms with Crippen LogP contribution in [0.2, 0.25) is 0 Å². The number of para-hydroxylation sites is 1. The lowest BCUT2D eigenvalue weighted by Crippen LogP contribution is -2.31. The Hall–Kier alpha value is -0.890. The van der Waals surface area contributed by atoms with Crippen LogP contribution < -0.4 is 4.90 Å². The van der Waals surface area contributed by atoms with Crippen molar-refractivity contribution in [2.75, 3.05) is 4.90 Å². The molecule has 0 bridgehead atoms. The number of nitrogens with zero attached hydrogens (tertiary/aromatic N) is 1. The summed E-state index contributed by atoms with van der Waals surface area (Å²) in [6, 6.07) is 9.02. The molecule has 0 radical (unpaired) electrons. The molecule has 1 aliphatic rings. The Morgan fingerprint density at radius 1 is 1.27 bits per heavy atom. The maximum Gasteiger partial charge on any atom is 0.0689 e. The fraction of sp³-hybridized carbons (Fsp3) is 0.385. The van der Waals surface area contributed by atoms with E-state index in [0.717, 1.165) is 5.03 Å². The van der Waals surface area contributed by atoms with Gasteiger partial charge in [0.2, 0.25) is 0 Å². The van der Waals surface area contributed by atoms with Gasteiger partial charge in [0.1, 0.15) is 0 Å². The van der Waals surface area contributed by atoms with E-state index in [2.05, 4.69) is 68.6 Å². The van der Waals surface area contributed by atoms with Gasteiger partial charge < -0.3 is 4.90 Å². The van der Waals surface area contributed by atoms with Gasteiger partial charge in [0.25, 0.3) is 0 Å². The fourth-order valence-electron chi connectivity index (χ4n) is 2.15. The van der Waals surface area contributed by atoms with Gasteiger partial charge in [-0.2, -0.15) is 0 Å². The average molecular weight is 219 g/mol. The third kappa shape index (κ3) is 1.78. The second kappa shape index (κ2) is 3.93. The highest BCUT2D eigenvalue weighted by Crippen LogP contribution is 2.38. The number of fused-ring (bicyclic) bond motifs is 1. The number of rotatable bonds is 1. The van der Waals surface area contributed by atoms with E-state index in [0.29, 0.717) is 12.0 Å². The summed E-state index contributed by atoms with van der Waals surface area (Å²) in [5.41, 5.74) is 2.69. The third-order valence-corrected chi connectivity index (χ3v) is 3.21. The molecule has 0 aromatic heterocycles. The second-order valence-corrected chi connectivity index (χ2v) is 4.79. The zero-order valence-electron chi connectivity index (χ0n) is 9.44. The smallest absolute Gasteiger partial charge is 0.0689 e. The SMILES string of the molecule is CC1C=C(S)N(C(C)C)c2ccccc21. The third-order valence-electron chi connectivity index (χ3n) is 2.85. The molecule has 1 aliphatic heterocycles. The average Bonchev–Trinajstić information content (AvgIpc) is 2.17. The minimum absolute atomic E-state index is 0.447. The summed E-state index contributed by atoms with van der Waals surface area (Å²) < 4.78 is 0. The summed E-state index contributed by atoms with van der Waals surface area (Å²) in [7, 11) is 0. The summed E-state index contributed by atoms with van der Waals surface area (Å²) >= 11 is 4.57. The largest absolute Gasteiger partial charge is 0.334 e. The molecule has 2 heteroatoms. The molecular formula is C13H17NS. The van der Waals surface area contributed by atoms with Crippen LogP contribution in [-0.2, 0) is 0 Å². The highest BCUT2D eigenvalue weighted by Gasteiger charge is 2.23. The number of allylic oxidation sites excluding steroid dienone is 1. The second-order valence-electron chi connectivity index (χ2n) is 4.34. The highest BCUT2D eigenvalue weighted by atomic mass is 32.1. The van der Waals surface area contributed by atoms with Gasteiger partial charge in [-0.25, -0.2) is 0 Å². The van der Waals surface area contributed by atoms with Crippen molar-refractivity contribution in [2.24, 2.45) is 0 Å². The maximum absolute atomic E-state index is 4.57. The van der Waals surface area contributed by atoms with E-state index in [9.17, 15) is 0 Å². The molecule has 1 aromatic carbocycles. The van der Waals surface area contributed by atoms with Crippen molar-refractivity contribution in [3.63, 3.8) is 0 Å². The molecule has 0 fully saturated rings. The van der Waals surface area contributed by atoms with E-state index in [1.165, 1.54) is 11.3 Å². The summed E-state index contributed by atoms with van der Waals surface area (Å²) in [6.45, 7) is 6.60. The van der Waals surface area contributed by atoms with Gasteiger partial charge in [0.05, 0.1) is 5.03 Å². The van der Waals surface area contributed by atoms with E-state index in [1.54, 1.807) is 0 Å². The molecule has 1 atom stereocenters. The molecule has 80 valence electrons.